The third-order valence-electron chi connectivity index (χ3n) is 5.30. The molecule has 1 atom stereocenters. The van der Waals surface area contributed by atoms with Crippen LogP contribution in [0.25, 0.3) is 6.08 Å². The highest BCUT2D eigenvalue weighted by atomic mass is 32.2. The first kappa shape index (κ1) is 27.6. The monoisotopic (exact) mass is 523 g/mol. The summed E-state index contributed by atoms with van der Waals surface area (Å²) in [4.78, 5) is 26.4. The average molecular weight is 524 g/mol. The first-order valence-electron chi connectivity index (χ1n) is 11.6. The second kappa shape index (κ2) is 12.8. The molecule has 1 unspecified atom stereocenters. The third-order valence-corrected chi connectivity index (χ3v) is 5.80. The molecule has 0 radical (unpaired) electrons. The number of carbonyl (C=O) groups is 2. The van der Waals surface area contributed by atoms with Crippen LogP contribution in [0.5, 0.6) is 5.75 Å². The van der Waals surface area contributed by atoms with Gasteiger partial charge in [0.15, 0.2) is 6.10 Å². The normalized spacial score (nSPS) is 12.3. The molecule has 8 nitrogen and oxygen atoms in total. The van der Waals surface area contributed by atoms with E-state index < -0.39 is 22.2 Å². The van der Waals surface area contributed by atoms with Gasteiger partial charge in [0.05, 0.1) is 6.26 Å². The minimum absolute atomic E-state index is 0.187. The molecule has 1 N–H and O–H groups in total. The fourth-order valence-corrected chi connectivity index (χ4v) is 4.05. The van der Waals surface area contributed by atoms with Crippen molar-refractivity contribution in [3.8, 4) is 5.75 Å². The van der Waals surface area contributed by atoms with Crippen LogP contribution in [0, 0.1) is 0 Å². The summed E-state index contributed by atoms with van der Waals surface area (Å²) >= 11 is 0. The highest BCUT2D eigenvalue weighted by Gasteiger charge is 2.19. The van der Waals surface area contributed by atoms with Gasteiger partial charge in [-0.05, 0) is 54.4 Å². The number of hydrogen-bond donors (Lipinski definition) is 1. The number of carboxylic acids is 1. The quantitative estimate of drug-likeness (QED) is 0.350. The molecule has 0 saturated carbocycles. The lowest BCUT2D eigenvalue weighted by Gasteiger charge is -2.22. The minimum Gasteiger partial charge on any atom is -0.479 e. The van der Waals surface area contributed by atoms with Gasteiger partial charge in [0.1, 0.15) is 5.75 Å². The smallest absolute Gasteiger partial charge is 0.333 e. The fraction of sp³-hybridized carbons (Fsp3) is 0.214. The zero-order valence-electron chi connectivity index (χ0n) is 20.6. The van der Waals surface area contributed by atoms with E-state index in [1.807, 2.05) is 18.2 Å². The second-order valence-corrected chi connectivity index (χ2v) is 9.77. The largest absolute Gasteiger partial charge is 0.479 e. The molecule has 0 heterocycles. The summed E-state index contributed by atoms with van der Waals surface area (Å²) in [6.45, 7) is 2.32. The van der Waals surface area contributed by atoms with Crippen LogP contribution in [0.1, 0.15) is 28.4 Å². The third kappa shape index (κ3) is 8.59. The molecule has 3 aromatic rings. The molecule has 37 heavy (non-hydrogen) atoms. The molecule has 0 aliphatic rings. The Morgan fingerprint density at radius 1 is 0.973 bits per heavy atom. The fourth-order valence-electron chi connectivity index (χ4n) is 3.59. The van der Waals surface area contributed by atoms with Gasteiger partial charge in [0, 0.05) is 30.8 Å². The van der Waals surface area contributed by atoms with Crippen molar-refractivity contribution in [1.29, 1.82) is 0 Å². The summed E-state index contributed by atoms with van der Waals surface area (Å²) < 4.78 is 32.7. The summed E-state index contributed by atoms with van der Waals surface area (Å²) in [6, 6.07) is 22.6. The molecular weight excluding hydrogens is 494 g/mol. The number of anilines is 1. The van der Waals surface area contributed by atoms with E-state index in [4.69, 9.17) is 8.92 Å². The minimum atomic E-state index is -3.60. The second-order valence-electron chi connectivity index (χ2n) is 8.19. The van der Waals surface area contributed by atoms with Gasteiger partial charge in [0.25, 0.3) is 5.91 Å². The van der Waals surface area contributed by atoms with E-state index in [0.29, 0.717) is 17.9 Å². The van der Waals surface area contributed by atoms with E-state index in [0.717, 1.165) is 17.4 Å². The summed E-state index contributed by atoms with van der Waals surface area (Å²) in [5, 5.41) is 9.34. The number of ether oxygens (including phenoxy) is 1. The predicted molar refractivity (Wildman–Crippen MR) is 142 cm³/mol. The molecule has 3 rings (SSSR count). The highest BCUT2D eigenvalue weighted by Crippen LogP contribution is 2.21. The van der Waals surface area contributed by atoms with Crippen molar-refractivity contribution in [2.24, 2.45) is 0 Å². The number of hydrogen-bond acceptors (Lipinski definition) is 6. The van der Waals surface area contributed by atoms with Crippen molar-refractivity contribution < 1.29 is 32.0 Å². The van der Waals surface area contributed by atoms with Crippen molar-refractivity contribution in [2.45, 2.75) is 19.4 Å². The van der Waals surface area contributed by atoms with E-state index in [1.54, 1.807) is 84.6 Å². The van der Waals surface area contributed by atoms with Crippen LogP contribution in [0.3, 0.4) is 0 Å². The number of nitrogens with zero attached hydrogens (tertiary/aromatic N) is 1. The Morgan fingerprint density at radius 2 is 1.62 bits per heavy atom. The van der Waals surface area contributed by atoms with Gasteiger partial charge in [0.2, 0.25) is 0 Å². The topological polar surface area (TPSA) is 110 Å². The lowest BCUT2D eigenvalue weighted by molar-refractivity contribution is -0.149. The van der Waals surface area contributed by atoms with Gasteiger partial charge in [-0.1, -0.05) is 54.6 Å². The number of amides is 1. The van der Waals surface area contributed by atoms with Crippen molar-refractivity contribution in [3.05, 3.63) is 102 Å². The molecule has 0 saturated heterocycles. The average Bonchev–Trinajstić information content (AvgIpc) is 2.87. The Morgan fingerprint density at radius 3 is 2.19 bits per heavy atom. The number of aliphatic carboxylic acids is 1. The summed E-state index contributed by atoms with van der Waals surface area (Å²) in [6.07, 6.45) is 3.92. The Kier molecular flexibility index (Phi) is 9.59. The van der Waals surface area contributed by atoms with Crippen LogP contribution >= 0.6 is 0 Å². The molecule has 3 aromatic carbocycles. The van der Waals surface area contributed by atoms with Gasteiger partial charge in [-0.3, -0.25) is 4.79 Å². The van der Waals surface area contributed by atoms with E-state index in [1.165, 1.54) is 0 Å². The van der Waals surface area contributed by atoms with E-state index in [9.17, 15) is 23.1 Å². The highest BCUT2D eigenvalue weighted by molar-refractivity contribution is 7.86. The SMILES string of the molecule is CCOC(Cc1ccc(N(C/C=C/c2ccc(OS(C)(=O)=O)cc2)C(=O)c2ccccc2)cc1)C(=O)O. The van der Waals surface area contributed by atoms with Crippen molar-refractivity contribution >= 4 is 33.8 Å². The molecule has 1 amide bonds. The molecule has 0 aliphatic carbocycles. The molecule has 194 valence electrons. The van der Waals surface area contributed by atoms with Crippen LogP contribution in [0.4, 0.5) is 5.69 Å². The van der Waals surface area contributed by atoms with Crippen LogP contribution in [0.2, 0.25) is 0 Å². The molecule has 0 fully saturated rings. The number of carbonyl (C=O) groups excluding carboxylic acids is 1. The maximum Gasteiger partial charge on any atom is 0.333 e. The Balaban J connectivity index is 1.79. The Hall–Kier alpha value is -3.95. The molecule has 0 bridgehead atoms. The van der Waals surface area contributed by atoms with E-state index in [2.05, 4.69) is 0 Å². The van der Waals surface area contributed by atoms with Gasteiger partial charge in [-0.2, -0.15) is 8.42 Å². The first-order chi connectivity index (χ1) is 17.7. The lowest BCUT2D eigenvalue weighted by atomic mass is 10.1. The molecule has 0 aromatic heterocycles. The first-order valence-corrected chi connectivity index (χ1v) is 13.4. The van der Waals surface area contributed by atoms with E-state index >= 15 is 0 Å². The summed E-state index contributed by atoms with van der Waals surface area (Å²) in [5.41, 5.74) is 2.77. The zero-order valence-corrected chi connectivity index (χ0v) is 21.4. The maximum absolute atomic E-state index is 13.3. The number of rotatable bonds is 12. The summed E-state index contributed by atoms with van der Waals surface area (Å²) in [7, 11) is -3.60. The standard InChI is InChI=1S/C28H29NO7S/c1-3-35-26(28(31)32)20-22-11-15-24(16-12-22)29(27(30)23-9-5-4-6-10-23)19-7-8-21-13-17-25(18-14-21)36-37(2,33)34/h4-18,26H,3,19-20H2,1-2H3,(H,31,32)/b8-7+. The molecule has 0 aliphatic heterocycles. The molecule has 0 spiro atoms. The van der Waals surface area contributed by atoms with Gasteiger partial charge >= 0.3 is 16.1 Å². The lowest BCUT2D eigenvalue weighted by Crippen LogP contribution is -2.31. The van der Waals surface area contributed by atoms with Crippen molar-refractivity contribution in [1.82, 2.24) is 0 Å². The zero-order chi connectivity index (χ0) is 26.8. The number of carboxylic acid groups (broad SMARTS) is 1. The molecule has 9 heteroatoms. The van der Waals surface area contributed by atoms with Crippen molar-refractivity contribution in [2.75, 3.05) is 24.3 Å². The van der Waals surface area contributed by atoms with Gasteiger partial charge in [-0.15, -0.1) is 0 Å². The van der Waals surface area contributed by atoms with Crippen LogP contribution in [-0.2, 0) is 26.1 Å². The van der Waals surface area contributed by atoms with Crippen LogP contribution in [-0.4, -0.2) is 50.9 Å². The van der Waals surface area contributed by atoms with Gasteiger partial charge < -0.3 is 18.9 Å². The van der Waals surface area contributed by atoms with Crippen LogP contribution < -0.4 is 9.08 Å². The Labute approximate surface area is 216 Å². The summed E-state index contributed by atoms with van der Waals surface area (Å²) in [5.74, 6) is -0.990. The van der Waals surface area contributed by atoms with Crippen molar-refractivity contribution in [3.63, 3.8) is 0 Å². The maximum atomic E-state index is 13.3. The van der Waals surface area contributed by atoms with Gasteiger partial charge in [-0.25, -0.2) is 4.79 Å². The molecular formula is C28H29NO7S. The van der Waals surface area contributed by atoms with Crippen LogP contribution in [0.15, 0.2) is 84.9 Å². The van der Waals surface area contributed by atoms with E-state index in [-0.39, 0.29) is 24.6 Å². The Bertz CT molecular complexity index is 1320. The predicted octanol–water partition coefficient (Wildman–Crippen LogP) is 4.42. The number of benzene rings is 3.